The van der Waals surface area contributed by atoms with Gasteiger partial charge in [-0.05, 0) is 38.2 Å². The van der Waals surface area contributed by atoms with E-state index in [1.165, 1.54) is 5.56 Å². The number of carbonyl (C=O) groups is 1. The second kappa shape index (κ2) is 5.95. The lowest BCUT2D eigenvalue weighted by molar-refractivity contribution is -0.117. The highest BCUT2D eigenvalue weighted by molar-refractivity contribution is 9.10. The Labute approximate surface area is 145 Å². The SMILES string of the molecule is CCN(C)Cc1c(Br)cc(OC)c2c1C1(C)C=CC(=O)CC1O2. The molecule has 0 bridgehead atoms. The molecule has 124 valence electrons. The van der Waals surface area contributed by atoms with Crippen LogP contribution in [0.4, 0.5) is 0 Å². The first-order valence-corrected chi connectivity index (χ1v) is 8.67. The molecule has 1 aromatic rings. The molecule has 4 nitrogen and oxygen atoms in total. The van der Waals surface area contributed by atoms with Gasteiger partial charge in [-0.15, -0.1) is 0 Å². The Morgan fingerprint density at radius 3 is 2.91 bits per heavy atom. The lowest BCUT2D eigenvalue weighted by atomic mass is 9.72. The fraction of sp³-hybridized carbons (Fsp3) is 0.500. The second-order valence-corrected chi connectivity index (χ2v) is 7.32. The molecule has 23 heavy (non-hydrogen) atoms. The van der Waals surface area contributed by atoms with Gasteiger partial charge in [-0.3, -0.25) is 4.79 Å². The van der Waals surface area contributed by atoms with E-state index < -0.39 is 0 Å². The first kappa shape index (κ1) is 16.5. The smallest absolute Gasteiger partial charge is 0.166 e. The van der Waals surface area contributed by atoms with Crippen molar-refractivity contribution in [2.24, 2.45) is 0 Å². The molecule has 1 heterocycles. The third-order valence-electron chi connectivity index (χ3n) is 4.96. The van der Waals surface area contributed by atoms with Crippen molar-refractivity contribution in [2.45, 2.75) is 38.3 Å². The summed E-state index contributed by atoms with van der Waals surface area (Å²) in [5.41, 5.74) is 2.04. The number of methoxy groups -OCH3 is 1. The molecule has 2 aliphatic rings. The van der Waals surface area contributed by atoms with Crippen molar-refractivity contribution in [2.75, 3.05) is 20.7 Å². The lowest BCUT2D eigenvalue weighted by Gasteiger charge is -2.31. The zero-order valence-corrected chi connectivity index (χ0v) is 15.6. The third-order valence-corrected chi connectivity index (χ3v) is 5.66. The van der Waals surface area contributed by atoms with Crippen LogP contribution in [0.3, 0.4) is 0 Å². The predicted octanol–water partition coefficient (Wildman–Crippen LogP) is 3.46. The number of nitrogens with zero attached hydrogens (tertiary/aromatic N) is 1. The summed E-state index contributed by atoms with van der Waals surface area (Å²) in [4.78, 5) is 14.1. The minimum atomic E-state index is -0.301. The van der Waals surface area contributed by atoms with Crippen molar-refractivity contribution < 1.29 is 14.3 Å². The van der Waals surface area contributed by atoms with Gasteiger partial charge >= 0.3 is 0 Å². The van der Waals surface area contributed by atoms with Gasteiger partial charge in [-0.2, -0.15) is 0 Å². The Morgan fingerprint density at radius 1 is 1.52 bits per heavy atom. The molecule has 2 atom stereocenters. The van der Waals surface area contributed by atoms with E-state index in [0.717, 1.165) is 28.9 Å². The number of fused-ring (bicyclic) bond motifs is 3. The Bertz CT molecular complexity index is 685. The van der Waals surface area contributed by atoms with Gasteiger partial charge in [0.2, 0.25) is 0 Å². The first-order valence-electron chi connectivity index (χ1n) is 7.87. The summed E-state index contributed by atoms with van der Waals surface area (Å²) in [6.07, 6.45) is 3.93. The minimum Gasteiger partial charge on any atom is -0.493 e. The van der Waals surface area contributed by atoms with E-state index in [1.807, 2.05) is 12.1 Å². The van der Waals surface area contributed by atoms with Crippen LogP contribution < -0.4 is 9.47 Å². The van der Waals surface area contributed by atoms with Crippen LogP contribution in [0.5, 0.6) is 11.5 Å². The van der Waals surface area contributed by atoms with Gasteiger partial charge in [0.05, 0.1) is 12.5 Å². The molecule has 1 aliphatic heterocycles. The van der Waals surface area contributed by atoms with Crippen molar-refractivity contribution >= 4 is 21.7 Å². The van der Waals surface area contributed by atoms with Crippen molar-refractivity contribution in [3.05, 3.63) is 33.8 Å². The van der Waals surface area contributed by atoms with E-state index >= 15 is 0 Å². The van der Waals surface area contributed by atoms with Crippen LogP contribution in [0.2, 0.25) is 0 Å². The molecule has 2 unspecified atom stereocenters. The van der Waals surface area contributed by atoms with Crippen LogP contribution >= 0.6 is 15.9 Å². The molecule has 0 saturated carbocycles. The summed E-state index contributed by atoms with van der Waals surface area (Å²) in [6, 6.07) is 1.96. The minimum absolute atomic E-state index is 0.116. The maximum absolute atomic E-state index is 11.8. The molecule has 0 spiro atoms. The monoisotopic (exact) mass is 379 g/mol. The number of benzene rings is 1. The molecular weight excluding hydrogens is 358 g/mol. The highest BCUT2D eigenvalue weighted by Crippen LogP contribution is 2.54. The zero-order chi connectivity index (χ0) is 16.8. The average molecular weight is 380 g/mol. The largest absolute Gasteiger partial charge is 0.493 e. The number of hydrogen-bond acceptors (Lipinski definition) is 4. The standard InChI is InChI=1S/C18H22BrNO3/c1-5-20(3)10-12-13(19)9-14(22-4)17-16(12)18(2)7-6-11(21)8-15(18)23-17/h6-7,9,15H,5,8,10H2,1-4H3. The number of ketones is 1. The molecule has 0 saturated heterocycles. The molecule has 1 aromatic carbocycles. The average Bonchev–Trinajstić information content (AvgIpc) is 2.82. The highest BCUT2D eigenvalue weighted by atomic mass is 79.9. The van der Waals surface area contributed by atoms with Crippen LogP contribution in [0.25, 0.3) is 0 Å². The van der Waals surface area contributed by atoms with E-state index in [9.17, 15) is 4.79 Å². The van der Waals surface area contributed by atoms with E-state index in [0.29, 0.717) is 12.2 Å². The van der Waals surface area contributed by atoms with Crippen molar-refractivity contribution in [1.29, 1.82) is 0 Å². The molecule has 0 amide bonds. The van der Waals surface area contributed by atoms with Crippen LogP contribution in [-0.4, -0.2) is 37.5 Å². The van der Waals surface area contributed by atoms with Gasteiger partial charge in [0, 0.05) is 23.0 Å². The number of allylic oxidation sites excluding steroid dienone is 1. The number of ether oxygens (including phenoxy) is 2. The molecular formula is C18H22BrNO3. The molecule has 0 fully saturated rings. The fourth-order valence-corrected chi connectivity index (χ4v) is 3.94. The van der Waals surface area contributed by atoms with E-state index in [2.05, 4.69) is 41.7 Å². The zero-order valence-electron chi connectivity index (χ0n) is 14.0. The Hall–Kier alpha value is -1.33. The third kappa shape index (κ3) is 2.60. The number of hydrogen-bond donors (Lipinski definition) is 0. The van der Waals surface area contributed by atoms with Crippen molar-refractivity contribution in [1.82, 2.24) is 4.90 Å². The normalized spacial score (nSPS) is 25.3. The second-order valence-electron chi connectivity index (χ2n) is 6.47. The quantitative estimate of drug-likeness (QED) is 0.802. The van der Waals surface area contributed by atoms with E-state index in [4.69, 9.17) is 9.47 Å². The molecule has 0 aromatic heterocycles. The van der Waals surface area contributed by atoms with Gasteiger partial charge in [0.1, 0.15) is 6.10 Å². The van der Waals surface area contributed by atoms with Gasteiger partial charge in [-0.1, -0.05) is 28.9 Å². The Kier molecular flexibility index (Phi) is 4.27. The number of carbonyl (C=O) groups excluding carboxylic acids is 1. The molecule has 5 heteroatoms. The predicted molar refractivity (Wildman–Crippen MR) is 93.2 cm³/mol. The topological polar surface area (TPSA) is 38.8 Å². The first-order chi connectivity index (χ1) is 10.9. The fourth-order valence-electron chi connectivity index (χ4n) is 3.41. The number of halogens is 1. The summed E-state index contributed by atoms with van der Waals surface area (Å²) in [6.45, 7) is 6.06. The number of rotatable bonds is 4. The van der Waals surface area contributed by atoms with Crippen LogP contribution in [-0.2, 0) is 16.8 Å². The maximum Gasteiger partial charge on any atom is 0.166 e. The van der Waals surface area contributed by atoms with Gasteiger partial charge in [0.25, 0.3) is 0 Å². The van der Waals surface area contributed by atoms with Crippen molar-refractivity contribution in [3.8, 4) is 11.5 Å². The van der Waals surface area contributed by atoms with Gasteiger partial charge < -0.3 is 14.4 Å². The summed E-state index contributed by atoms with van der Waals surface area (Å²) >= 11 is 3.70. The van der Waals surface area contributed by atoms with E-state index in [-0.39, 0.29) is 17.3 Å². The molecule has 0 N–H and O–H groups in total. The highest BCUT2D eigenvalue weighted by Gasteiger charge is 2.49. The lowest BCUT2D eigenvalue weighted by Crippen LogP contribution is -2.38. The summed E-state index contributed by atoms with van der Waals surface area (Å²) in [7, 11) is 3.74. The molecule has 0 radical (unpaired) electrons. The van der Waals surface area contributed by atoms with Crippen molar-refractivity contribution in [3.63, 3.8) is 0 Å². The summed E-state index contributed by atoms with van der Waals surface area (Å²) < 4.78 is 12.7. The van der Waals surface area contributed by atoms with Crippen LogP contribution in [0, 0.1) is 0 Å². The molecule has 3 rings (SSSR count). The van der Waals surface area contributed by atoms with E-state index in [1.54, 1.807) is 13.2 Å². The van der Waals surface area contributed by atoms with Crippen LogP contribution in [0.1, 0.15) is 31.4 Å². The van der Waals surface area contributed by atoms with Crippen LogP contribution in [0.15, 0.2) is 22.7 Å². The summed E-state index contributed by atoms with van der Waals surface area (Å²) in [5.74, 6) is 1.61. The van der Waals surface area contributed by atoms with Gasteiger partial charge in [-0.25, -0.2) is 0 Å². The Morgan fingerprint density at radius 2 is 2.26 bits per heavy atom. The molecule has 1 aliphatic carbocycles. The maximum atomic E-state index is 11.8. The Balaban J connectivity index is 2.20. The van der Waals surface area contributed by atoms with Gasteiger partial charge in [0.15, 0.2) is 17.3 Å². The summed E-state index contributed by atoms with van der Waals surface area (Å²) in [5, 5.41) is 0.